The summed E-state index contributed by atoms with van der Waals surface area (Å²) in [5, 5.41) is 6.35. The van der Waals surface area contributed by atoms with Gasteiger partial charge in [0.1, 0.15) is 11.5 Å². The zero-order valence-electron chi connectivity index (χ0n) is 11.7. The average molecular weight is 296 g/mol. The van der Waals surface area contributed by atoms with Gasteiger partial charge in [-0.25, -0.2) is 9.97 Å². The molecule has 7 heteroatoms. The molecule has 1 N–H and O–H groups in total. The third-order valence-corrected chi connectivity index (χ3v) is 2.72. The highest BCUT2D eigenvalue weighted by atomic mass is 16.5. The third-order valence-electron chi connectivity index (χ3n) is 2.72. The molecule has 3 aromatic rings. The molecule has 0 aliphatic carbocycles. The highest BCUT2D eigenvalue weighted by Crippen LogP contribution is 2.19. The molecule has 7 nitrogen and oxygen atoms in total. The molecule has 0 atom stereocenters. The van der Waals surface area contributed by atoms with Gasteiger partial charge < -0.3 is 14.6 Å². The van der Waals surface area contributed by atoms with E-state index >= 15 is 0 Å². The van der Waals surface area contributed by atoms with Crippen molar-refractivity contribution in [1.29, 1.82) is 0 Å². The lowest BCUT2D eigenvalue weighted by Gasteiger charge is -2.05. The fourth-order valence-corrected chi connectivity index (χ4v) is 1.76. The molecule has 3 rings (SSSR count). The first-order chi connectivity index (χ1) is 10.7. The van der Waals surface area contributed by atoms with Gasteiger partial charge in [-0.05, 0) is 31.2 Å². The molecular formula is C15H12N4O3. The van der Waals surface area contributed by atoms with Crippen LogP contribution in [0.4, 0.5) is 5.82 Å². The highest BCUT2D eigenvalue weighted by Gasteiger charge is 2.10. The fourth-order valence-electron chi connectivity index (χ4n) is 1.76. The number of aromatic nitrogens is 3. The Labute approximate surface area is 126 Å². The van der Waals surface area contributed by atoms with E-state index in [0.717, 1.165) is 0 Å². The molecular weight excluding hydrogens is 284 g/mol. The Hall–Kier alpha value is -3.22. The number of hydrogen-bond donors (Lipinski definition) is 1. The monoisotopic (exact) mass is 296 g/mol. The van der Waals surface area contributed by atoms with E-state index in [1.807, 2.05) is 0 Å². The summed E-state index contributed by atoms with van der Waals surface area (Å²) in [4.78, 5) is 20.1. The van der Waals surface area contributed by atoms with Crippen molar-refractivity contribution in [3.8, 4) is 11.8 Å². The van der Waals surface area contributed by atoms with E-state index in [0.29, 0.717) is 22.9 Å². The Balaban J connectivity index is 1.74. The molecule has 0 saturated heterocycles. The number of amides is 1. The maximum absolute atomic E-state index is 12.1. The van der Waals surface area contributed by atoms with Gasteiger partial charge in [0.05, 0.1) is 0 Å². The average Bonchev–Trinajstić information content (AvgIpc) is 2.93. The molecule has 0 bridgehead atoms. The molecule has 0 aliphatic rings. The number of hydrogen-bond acceptors (Lipinski definition) is 6. The molecule has 0 radical (unpaired) electrons. The second-order valence-electron chi connectivity index (χ2n) is 4.44. The lowest BCUT2D eigenvalue weighted by atomic mass is 10.2. The summed E-state index contributed by atoms with van der Waals surface area (Å²) in [7, 11) is 0. The van der Waals surface area contributed by atoms with E-state index in [2.05, 4.69) is 20.4 Å². The van der Waals surface area contributed by atoms with E-state index in [1.165, 1.54) is 0 Å². The minimum absolute atomic E-state index is 0.215. The maximum Gasteiger partial charge on any atom is 0.321 e. The highest BCUT2D eigenvalue weighted by molar-refractivity contribution is 6.03. The van der Waals surface area contributed by atoms with Crippen LogP contribution in [-0.4, -0.2) is 21.0 Å². The SMILES string of the molecule is Cc1cc(NC(=O)c2cccc(Oc3ncccn3)c2)no1. The zero-order chi connectivity index (χ0) is 15.4. The van der Waals surface area contributed by atoms with Crippen molar-refractivity contribution >= 4 is 11.7 Å². The first-order valence-electron chi connectivity index (χ1n) is 6.50. The molecule has 0 aliphatic heterocycles. The van der Waals surface area contributed by atoms with Crippen molar-refractivity contribution in [1.82, 2.24) is 15.1 Å². The van der Waals surface area contributed by atoms with Crippen molar-refractivity contribution in [2.75, 3.05) is 5.32 Å². The maximum atomic E-state index is 12.1. The van der Waals surface area contributed by atoms with Gasteiger partial charge in [0.2, 0.25) is 0 Å². The number of carbonyl (C=O) groups excluding carboxylic acids is 1. The van der Waals surface area contributed by atoms with Crippen molar-refractivity contribution in [2.24, 2.45) is 0 Å². The summed E-state index contributed by atoms with van der Waals surface area (Å²) in [6.45, 7) is 1.75. The Kier molecular flexibility index (Phi) is 3.78. The number of ether oxygens (including phenoxy) is 1. The number of nitrogens with zero attached hydrogens (tertiary/aromatic N) is 3. The first kappa shape index (κ1) is 13.7. The van der Waals surface area contributed by atoms with Gasteiger partial charge in [-0.15, -0.1) is 0 Å². The molecule has 1 aromatic carbocycles. The van der Waals surface area contributed by atoms with Gasteiger partial charge in [-0.3, -0.25) is 4.79 Å². The second kappa shape index (κ2) is 6.04. The fraction of sp³-hybridized carbons (Fsp3) is 0.0667. The molecule has 0 unspecified atom stereocenters. The number of carbonyl (C=O) groups is 1. The summed E-state index contributed by atoms with van der Waals surface area (Å²) in [5.74, 6) is 1.14. The standard InChI is InChI=1S/C15H12N4O3/c1-10-8-13(19-22-10)18-14(20)11-4-2-5-12(9-11)21-15-16-6-3-7-17-15/h2-9H,1H3,(H,18,19,20). The van der Waals surface area contributed by atoms with Gasteiger partial charge in [0.25, 0.3) is 5.91 Å². The predicted octanol–water partition coefficient (Wildman–Crippen LogP) is 2.82. The van der Waals surface area contributed by atoms with Crippen LogP contribution < -0.4 is 10.1 Å². The van der Waals surface area contributed by atoms with Crippen molar-refractivity contribution in [3.05, 3.63) is 60.1 Å². The summed E-state index contributed by atoms with van der Waals surface area (Å²) in [6.07, 6.45) is 3.15. The van der Waals surface area contributed by atoms with Gasteiger partial charge in [-0.2, -0.15) is 0 Å². The molecule has 0 saturated carbocycles. The second-order valence-corrected chi connectivity index (χ2v) is 4.44. The number of rotatable bonds is 4. The van der Waals surface area contributed by atoms with Crippen LogP contribution in [0.25, 0.3) is 0 Å². The quantitative estimate of drug-likeness (QED) is 0.796. The van der Waals surface area contributed by atoms with Crippen LogP contribution in [0.2, 0.25) is 0 Å². The Morgan fingerprint density at radius 2 is 2.00 bits per heavy atom. The number of benzene rings is 1. The Morgan fingerprint density at radius 3 is 2.73 bits per heavy atom. The summed E-state index contributed by atoms with van der Waals surface area (Å²) >= 11 is 0. The van der Waals surface area contributed by atoms with E-state index < -0.39 is 0 Å². The number of anilines is 1. The van der Waals surface area contributed by atoms with Crippen LogP contribution >= 0.6 is 0 Å². The zero-order valence-corrected chi connectivity index (χ0v) is 11.7. The van der Waals surface area contributed by atoms with E-state index in [4.69, 9.17) is 9.26 Å². The van der Waals surface area contributed by atoms with Crippen LogP contribution in [0.3, 0.4) is 0 Å². The van der Waals surface area contributed by atoms with Crippen LogP contribution in [0.1, 0.15) is 16.1 Å². The number of nitrogens with one attached hydrogen (secondary N) is 1. The molecule has 1 amide bonds. The molecule has 22 heavy (non-hydrogen) atoms. The van der Waals surface area contributed by atoms with Crippen LogP contribution in [0, 0.1) is 6.92 Å². The summed E-state index contributed by atoms with van der Waals surface area (Å²) < 4.78 is 10.4. The topological polar surface area (TPSA) is 90.1 Å². The minimum Gasteiger partial charge on any atom is -0.424 e. The van der Waals surface area contributed by atoms with Gasteiger partial charge in [-0.1, -0.05) is 11.2 Å². The summed E-state index contributed by atoms with van der Waals surface area (Å²) in [5.41, 5.74) is 0.425. The van der Waals surface area contributed by atoms with Gasteiger partial charge >= 0.3 is 6.01 Å². The van der Waals surface area contributed by atoms with E-state index in [-0.39, 0.29) is 11.9 Å². The van der Waals surface area contributed by atoms with Crippen molar-refractivity contribution in [2.45, 2.75) is 6.92 Å². The first-order valence-corrected chi connectivity index (χ1v) is 6.50. The van der Waals surface area contributed by atoms with Crippen LogP contribution in [0.5, 0.6) is 11.8 Å². The Morgan fingerprint density at radius 1 is 1.18 bits per heavy atom. The molecule has 110 valence electrons. The van der Waals surface area contributed by atoms with Gasteiger partial charge in [0.15, 0.2) is 5.82 Å². The molecule has 2 heterocycles. The van der Waals surface area contributed by atoms with E-state index in [1.54, 1.807) is 55.7 Å². The lowest BCUT2D eigenvalue weighted by molar-refractivity contribution is 0.102. The predicted molar refractivity (Wildman–Crippen MR) is 77.7 cm³/mol. The molecule has 2 aromatic heterocycles. The van der Waals surface area contributed by atoms with Crippen molar-refractivity contribution in [3.63, 3.8) is 0 Å². The smallest absolute Gasteiger partial charge is 0.321 e. The lowest BCUT2D eigenvalue weighted by Crippen LogP contribution is -2.12. The van der Waals surface area contributed by atoms with Gasteiger partial charge in [0, 0.05) is 24.0 Å². The Bertz CT molecular complexity index is 786. The normalized spacial score (nSPS) is 10.2. The number of aryl methyl sites for hydroxylation is 1. The molecule has 0 fully saturated rings. The van der Waals surface area contributed by atoms with E-state index in [9.17, 15) is 4.79 Å². The molecule has 0 spiro atoms. The largest absolute Gasteiger partial charge is 0.424 e. The third kappa shape index (κ3) is 3.26. The minimum atomic E-state index is -0.312. The van der Waals surface area contributed by atoms with Crippen LogP contribution in [0.15, 0.2) is 53.3 Å². The van der Waals surface area contributed by atoms with Crippen molar-refractivity contribution < 1.29 is 14.1 Å². The van der Waals surface area contributed by atoms with Crippen LogP contribution in [-0.2, 0) is 0 Å². The summed E-state index contributed by atoms with van der Waals surface area (Å²) in [6, 6.07) is 10.2.